The van der Waals surface area contributed by atoms with Crippen LogP contribution < -0.4 is 0 Å². The van der Waals surface area contributed by atoms with Gasteiger partial charge in [0.1, 0.15) is 5.37 Å². The Morgan fingerprint density at radius 3 is 2.00 bits per heavy atom. The van der Waals surface area contributed by atoms with Crippen molar-refractivity contribution in [1.29, 1.82) is 0 Å². The summed E-state index contributed by atoms with van der Waals surface area (Å²) in [6, 6.07) is 0. The third-order valence-electron chi connectivity index (χ3n) is 2.33. The lowest BCUT2D eigenvalue weighted by Gasteiger charge is -2.28. The Morgan fingerprint density at radius 1 is 1.19 bits per heavy atom. The molecule has 3 N–H and O–H groups in total. The highest BCUT2D eigenvalue weighted by atomic mass is 32.2. The number of hydrogen-bond acceptors (Lipinski definition) is 5. The van der Waals surface area contributed by atoms with Gasteiger partial charge >= 0.3 is 0 Å². The number of aliphatic hydroxyl groups is 2. The summed E-state index contributed by atoms with van der Waals surface area (Å²) in [7, 11) is -4.18. The molecule has 98 valence electrons. The first kappa shape index (κ1) is 15.8. The molecule has 0 saturated carbocycles. The van der Waals surface area contributed by atoms with Crippen molar-refractivity contribution in [3.63, 3.8) is 0 Å². The van der Waals surface area contributed by atoms with Gasteiger partial charge in [-0.3, -0.25) is 9.45 Å². The zero-order valence-electron chi connectivity index (χ0n) is 9.54. The maximum Gasteiger partial charge on any atom is 0.281 e. The smallest absolute Gasteiger partial charge is 0.281 e. The van der Waals surface area contributed by atoms with Crippen LogP contribution in [0.2, 0.25) is 0 Å². The lowest BCUT2D eigenvalue weighted by molar-refractivity contribution is 0.141. The normalized spacial score (nSPS) is 14.3. The van der Waals surface area contributed by atoms with Crippen LogP contribution in [0, 0.1) is 0 Å². The largest absolute Gasteiger partial charge is 0.395 e. The fraction of sp³-hybridized carbons (Fsp3) is 1.00. The van der Waals surface area contributed by atoms with Gasteiger partial charge in [-0.15, -0.1) is 0 Å². The molecule has 0 radical (unpaired) electrons. The molecule has 0 aliphatic rings. The molecular formula is C9H21NO5S. The molecule has 0 aromatic carbocycles. The average Bonchev–Trinajstić information content (AvgIpc) is 2.17. The van der Waals surface area contributed by atoms with Crippen LogP contribution in [-0.4, -0.2) is 59.8 Å². The summed E-state index contributed by atoms with van der Waals surface area (Å²) >= 11 is 0. The van der Waals surface area contributed by atoms with Crippen molar-refractivity contribution in [3.8, 4) is 0 Å². The van der Waals surface area contributed by atoms with E-state index in [2.05, 4.69) is 0 Å². The van der Waals surface area contributed by atoms with Crippen LogP contribution in [0.1, 0.15) is 26.2 Å². The summed E-state index contributed by atoms with van der Waals surface area (Å²) < 4.78 is 31.5. The molecule has 1 atom stereocenters. The zero-order chi connectivity index (χ0) is 12.6. The van der Waals surface area contributed by atoms with Gasteiger partial charge in [0.25, 0.3) is 10.1 Å². The fourth-order valence-electron chi connectivity index (χ4n) is 1.56. The minimum Gasteiger partial charge on any atom is -0.395 e. The van der Waals surface area contributed by atoms with Gasteiger partial charge in [-0.1, -0.05) is 19.8 Å². The molecule has 0 aromatic rings. The molecule has 7 heteroatoms. The summed E-state index contributed by atoms with van der Waals surface area (Å²) in [5, 5.41) is 16.6. The average molecular weight is 255 g/mol. The van der Waals surface area contributed by atoms with Crippen LogP contribution in [0.5, 0.6) is 0 Å². The highest BCUT2D eigenvalue weighted by Gasteiger charge is 2.28. The van der Waals surface area contributed by atoms with Gasteiger partial charge in [-0.05, 0) is 6.42 Å². The molecule has 0 aliphatic heterocycles. The number of rotatable bonds is 9. The van der Waals surface area contributed by atoms with Crippen LogP contribution in [0.4, 0.5) is 0 Å². The van der Waals surface area contributed by atoms with Gasteiger partial charge < -0.3 is 10.2 Å². The molecule has 0 fully saturated rings. The van der Waals surface area contributed by atoms with Crippen molar-refractivity contribution in [3.05, 3.63) is 0 Å². The van der Waals surface area contributed by atoms with Gasteiger partial charge in [-0.2, -0.15) is 8.42 Å². The molecule has 6 nitrogen and oxygen atoms in total. The van der Waals surface area contributed by atoms with Crippen molar-refractivity contribution in [2.45, 2.75) is 31.6 Å². The van der Waals surface area contributed by atoms with E-state index in [-0.39, 0.29) is 26.3 Å². The van der Waals surface area contributed by atoms with Crippen LogP contribution in [0.25, 0.3) is 0 Å². The molecular weight excluding hydrogens is 234 g/mol. The molecule has 0 amide bonds. The van der Waals surface area contributed by atoms with Gasteiger partial charge in [0.05, 0.1) is 13.2 Å². The number of nitrogens with zero attached hydrogens (tertiary/aromatic N) is 1. The molecule has 16 heavy (non-hydrogen) atoms. The van der Waals surface area contributed by atoms with Gasteiger partial charge in [0.2, 0.25) is 0 Å². The predicted molar refractivity (Wildman–Crippen MR) is 60.6 cm³/mol. The summed E-state index contributed by atoms with van der Waals surface area (Å²) in [4.78, 5) is 1.38. The third kappa shape index (κ3) is 5.76. The van der Waals surface area contributed by atoms with E-state index in [1.54, 1.807) is 0 Å². The molecule has 0 spiro atoms. The minimum absolute atomic E-state index is 0.120. The third-order valence-corrected chi connectivity index (χ3v) is 3.55. The first-order valence-corrected chi connectivity index (χ1v) is 6.89. The second kappa shape index (κ2) is 7.97. The Morgan fingerprint density at radius 2 is 1.69 bits per heavy atom. The van der Waals surface area contributed by atoms with Gasteiger partial charge in [0.15, 0.2) is 0 Å². The van der Waals surface area contributed by atoms with Crippen LogP contribution >= 0.6 is 0 Å². The van der Waals surface area contributed by atoms with Gasteiger partial charge in [0, 0.05) is 13.1 Å². The maximum absolute atomic E-state index is 11.2. The zero-order valence-corrected chi connectivity index (χ0v) is 10.4. The molecule has 0 bridgehead atoms. The summed E-state index contributed by atoms with van der Waals surface area (Å²) in [6.45, 7) is 1.74. The molecule has 0 aromatic heterocycles. The van der Waals surface area contributed by atoms with Crippen LogP contribution in [0.15, 0.2) is 0 Å². The predicted octanol–water partition coefficient (Wildman–Crippen LogP) is -0.323. The van der Waals surface area contributed by atoms with E-state index < -0.39 is 15.5 Å². The minimum atomic E-state index is -4.18. The van der Waals surface area contributed by atoms with Crippen molar-refractivity contribution >= 4 is 10.1 Å². The lowest BCUT2D eigenvalue weighted by Crippen LogP contribution is -2.44. The van der Waals surface area contributed by atoms with Crippen LogP contribution in [0.3, 0.4) is 0 Å². The monoisotopic (exact) mass is 255 g/mol. The van der Waals surface area contributed by atoms with E-state index in [1.807, 2.05) is 6.92 Å². The number of aliphatic hydroxyl groups excluding tert-OH is 2. The lowest BCUT2D eigenvalue weighted by atomic mass is 10.2. The van der Waals surface area contributed by atoms with E-state index in [1.165, 1.54) is 4.90 Å². The standard InChI is InChI=1S/C9H21NO5S/c1-2-3-4-9(16(13,14)15)10(5-7-11)6-8-12/h9,11-12H,2-8H2,1H3,(H,13,14,15). The number of unbranched alkanes of at least 4 members (excludes halogenated alkanes) is 1. The van der Waals surface area contributed by atoms with Crippen LogP contribution in [-0.2, 0) is 10.1 Å². The Hall–Kier alpha value is -0.210. The first-order chi connectivity index (χ1) is 7.47. The second-order valence-corrected chi connectivity index (χ2v) is 5.17. The summed E-state index contributed by atoms with van der Waals surface area (Å²) in [6.07, 6.45) is 1.78. The summed E-state index contributed by atoms with van der Waals surface area (Å²) in [5.74, 6) is 0. The van der Waals surface area contributed by atoms with E-state index in [4.69, 9.17) is 14.8 Å². The van der Waals surface area contributed by atoms with Crippen molar-refractivity contribution in [1.82, 2.24) is 4.90 Å². The molecule has 0 saturated heterocycles. The first-order valence-electron chi connectivity index (χ1n) is 5.39. The molecule has 0 rings (SSSR count). The Kier molecular flexibility index (Phi) is 7.86. The van der Waals surface area contributed by atoms with Crippen molar-refractivity contribution in [2.75, 3.05) is 26.3 Å². The van der Waals surface area contributed by atoms with E-state index in [0.717, 1.165) is 6.42 Å². The van der Waals surface area contributed by atoms with E-state index in [9.17, 15) is 8.42 Å². The summed E-state index contributed by atoms with van der Waals surface area (Å²) in [5.41, 5.74) is 0. The molecule has 0 aliphatic carbocycles. The van der Waals surface area contributed by atoms with Crippen molar-refractivity contribution < 1.29 is 23.2 Å². The Bertz CT molecular complexity index is 261. The molecule has 0 heterocycles. The van der Waals surface area contributed by atoms with E-state index in [0.29, 0.717) is 12.8 Å². The fourth-order valence-corrected chi connectivity index (χ4v) is 2.61. The highest BCUT2D eigenvalue weighted by molar-refractivity contribution is 7.86. The topological polar surface area (TPSA) is 98.1 Å². The maximum atomic E-state index is 11.2. The van der Waals surface area contributed by atoms with Crippen molar-refractivity contribution in [2.24, 2.45) is 0 Å². The Labute approximate surface area is 96.6 Å². The number of hydrogen-bond donors (Lipinski definition) is 3. The SMILES string of the molecule is CCCCC(N(CCO)CCO)S(=O)(=O)O. The van der Waals surface area contributed by atoms with Gasteiger partial charge in [-0.25, -0.2) is 0 Å². The second-order valence-electron chi connectivity index (χ2n) is 3.60. The quantitative estimate of drug-likeness (QED) is 0.488. The molecule has 1 unspecified atom stereocenters. The van der Waals surface area contributed by atoms with E-state index >= 15 is 0 Å². The Balaban J connectivity index is 4.67. The highest BCUT2D eigenvalue weighted by Crippen LogP contribution is 2.13.